The van der Waals surface area contributed by atoms with Crippen LogP contribution < -0.4 is 10.1 Å². The zero-order valence-corrected chi connectivity index (χ0v) is 11.7. The highest BCUT2D eigenvalue weighted by molar-refractivity contribution is 6.31. The summed E-state index contributed by atoms with van der Waals surface area (Å²) in [5.74, 6) is 0.900. The first-order chi connectivity index (χ1) is 8.17. The van der Waals surface area contributed by atoms with Crippen LogP contribution in [0.25, 0.3) is 0 Å². The molecule has 1 atom stereocenters. The van der Waals surface area contributed by atoms with Gasteiger partial charge in [0.1, 0.15) is 12.4 Å². The van der Waals surface area contributed by atoms with E-state index in [0.717, 1.165) is 35.7 Å². The Morgan fingerprint density at radius 3 is 2.76 bits per heavy atom. The lowest BCUT2D eigenvalue weighted by Gasteiger charge is -2.12. The quantitative estimate of drug-likeness (QED) is 0.751. The first-order valence-corrected chi connectivity index (χ1v) is 6.69. The molecule has 0 aliphatic rings. The molecule has 0 saturated heterocycles. The van der Waals surface area contributed by atoms with Crippen LogP contribution in [0.4, 0.5) is 0 Å². The van der Waals surface area contributed by atoms with Gasteiger partial charge in [-0.25, -0.2) is 0 Å². The van der Waals surface area contributed by atoms with Gasteiger partial charge in [0.15, 0.2) is 0 Å². The molecule has 0 spiro atoms. The van der Waals surface area contributed by atoms with Crippen LogP contribution in [0, 0.1) is 0 Å². The smallest absolute Gasteiger partial charge is 0.119 e. The molecule has 1 aromatic rings. The monoisotopic (exact) mass is 255 g/mol. The van der Waals surface area contributed by atoms with E-state index < -0.39 is 0 Å². The maximum absolute atomic E-state index is 6.05. The van der Waals surface area contributed by atoms with E-state index in [9.17, 15) is 0 Å². The van der Waals surface area contributed by atoms with Crippen molar-refractivity contribution in [2.24, 2.45) is 0 Å². The Morgan fingerprint density at radius 2 is 2.12 bits per heavy atom. The average molecular weight is 256 g/mol. The molecule has 1 rings (SSSR count). The SMILES string of the molecule is CCc1cc(OCCN[C@@H](C)CC)ccc1Cl. The van der Waals surface area contributed by atoms with Crippen LogP contribution in [-0.4, -0.2) is 19.2 Å². The number of hydrogen-bond donors (Lipinski definition) is 1. The van der Waals surface area contributed by atoms with Gasteiger partial charge in [0.05, 0.1) is 0 Å². The van der Waals surface area contributed by atoms with Crippen molar-refractivity contribution in [3.8, 4) is 5.75 Å². The third-order valence-corrected chi connectivity index (χ3v) is 3.24. The van der Waals surface area contributed by atoms with E-state index in [0.29, 0.717) is 12.6 Å². The van der Waals surface area contributed by atoms with Crippen LogP contribution in [0.15, 0.2) is 18.2 Å². The van der Waals surface area contributed by atoms with Gasteiger partial charge in [-0.05, 0) is 43.5 Å². The van der Waals surface area contributed by atoms with Crippen molar-refractivity contribution in [3.05, 3.63) is 28.8 Å². The fraction of sp³-hybridized carbons (Fsp3) is 0.571. The molecule has 0 radical (unpaired) electrons. The summed E-state index contributed by atoms with van der Waals surface area (Å²) in [4.78, 5) is 0. The molecule has 1 N–H and O–H groups in total. The second kappa shape index (κ2) is 7.57. The molecule has 2 nitrogen and oxygen atoms in total. The van der Waals surface area contributed by atoms with Crippen LogP contribution in [0.3, 0.4) is 0 Å². The summed E-state index contributed by atoms with van der Waals surface area (Å²) in [5, 5.41) is 4.21. The highest BCUT2D eigenvalue weighted by atomic mass is 35.5. The molecular formula is C14H22ClNO. The maximum atomic E-state index is 6.05. The number of nitrogens with one attached hydrogen (secondary N) is 1. The molecule has 96 valence electrons. The molecule has 17 heavy (non-hydrogen) atoms. The summed E-state index contributed by atoms with van der Waals surface area (Å²) >= 11 is 6.05. The maximum Gasteiger partial charge on any atom is 0.119 e. The van der Waals surface area contributed by atoms with E-state index in [1.165, 1.54) is 0 Å². The normalized spacial score (nSPS) is 12.5. The van der Waals surface area contributed by atoms with Gasteiger partial charge in [0.2, 0.25) is 0 Å². The van der Waals surface area contributed by atoms with Crippen molar-refractivity contribution in [3.63, 3.8) is 0 Å². The van der Waals surface area contributed by atoms with Crippen molar-refractivity contribution in [2.45, 2.75) is 39.7 Å². The Morgan fingerprint density at radius 1 is 1.35 bits per heavy atom. The molecule has 0 aromatic heterocycles. The second-order valence-electron chi connectivity index (χ2n) is 4.22. The summed E-state index contributed by atoms with van der Waals surface area (Å²) in [6.07, 6.45) is 2.07. The molecule has 3 heteroatoms. The Balaban J connectivity index is 2.36. The summed E-state index contributed by atoms with van der Waals surface area (Å²) in [5.41, 5.74) is 1.14. The molecule has 0 aliphatic heterocycles. The molecule has 1 aromatic carbocycles. The minimum absolute atomic E-state index is 0.551. The summed E-state index contributed by atoms with van der Waals surface area (Å²) < 4.78 is 5.68. The van der Waals surface area contributed by atoms with E-state index in [2.05, 4.69) is 26.1 Å². The van der Waals surface area contributed by atoms with E-state index in [-0.39, 0.29) is 0 Å². The van der Waals surface area contributed by atoms with Crippen LogP contribution in [0.2, 0.25) is 5.02 Å². The van der Waals surface area contributed by atoms with Crippen LogP contribution in [0.5, 0.6) is 5.75 Å². The zero-order valence-electron chi connectivity index (χ0n) is 10.9. The highest BCUT2D eigenvalue weighted by Crippen LogP contribution is 2.22. The Bertz CT molecular complexity index is 341. The third-order valence-electron chi connectivity index (χ3n) is 2.87. The summed E-state index contributed by atoms with van der Waals surface area (Å²) in [6, 6.07) is 6.39. The number of benzene rings is 1. The van der Waals surface area contributed by atoms with Crippen molar-refractivity contribution in [1.82, 2.24) is 5.32 Å². The van der Waals surface area contributed by atoms with Gasteiger partial charge < -0.3 is 10.1 Å². The van der Waals surface area contributed by atoms with Crippen LogP contribution in [0.1, 0.15) is 32.8 Å². The van der Waals surface area contributed by atoms with Gasteiger partial charge in [-0.2, -0.15) is 0 Å². The topological polar surface area (TPSA) is 21.3 Å². The van der Waals surface area contributed by atoms with Crippen molar-refractivity contribution >= 4 is 11.6 Å². The first-order valence-electron chi connectivity index (χ1n) is 6.32. The fourth-order valence-corrected chi connectivity index (χ4v) is 1.78. The number of ether oxygens (including phenoxy) is 1. The molecule has 0 unspecified atom stereocenters. The Hall–Kier alpha value is -0.730. The summed E-state index contributed by atoms with van der Waals surface area (Å²) in [7, 11) is 0. The van der Waals surface area contributed by atoms with Crippen molar-refractivity contribution in [2.75, 3.05) is 13.2 Å². The zero-order chi connectivity index (χ0) is 12.7. The lowest BCUT2D eigenvalue weighted by atomic mass is 10.1. The predicted molar refractivity (Wildman–Crippen MR) is 74.1 cm³/mol. The molecule has 0 saturated carbocycles. The number of hydrogen-bond acceptors (Lipinski definition) is 2. The van der Waals surface area contributed by atoms with Crippen LogP contribution in [-0.2, 0) is 6.42 Å². The summed E-state index contributed by atoms with van der Waals surface area (Å²) in [6.45, 7) is 8.01. The average Bonchev–Trinajstić information content (AvgIpc) is 2.36. The first kappa shape index (κ1) is 14.3. The minimum atomic E-state index is 0.551. The molecule has 0 bridgehead atoms. The third kappa shape index (κ3) is 4.97. The number of aryl methyl sites for hydroxylation is 1. The van der Waals surface area contributed by atoms with Crippen LogP contribution >= 0.6 is 11.6 Å². The number of halogens is 1. The van der Waals surface area contributed by atoms with Crippen molar-refractivity contribution in [1.29, 1.82) is 0 Å². The van der Waals surface area contributed by atoms with Gasteiger partial charge in [-0.3, -0.25) is 0 Å². The van der Waals surface area contributed by atoms with Gasteiger partial charge in [0, 0.05) is 17.6 Å². The van der Waals surface area contributed by atoms with Crippen molar-refractivity contribution < 1.29 is 4.74 Å². The molecule has 0 amide bonds. The molecular weight excluding hydrogens is 234 g/mol. The lowest BCUT2D eigenvalue weighted by Crippen LogP contribution is -2.29. The van der Waals surface area contributed by atoms with Gasteiger partial charge >= 0.3 is 0 Å². The van der Waals surface area contributed by atoms with Gasteiger partial charge in [-0.1, -0.05) is 25.4 Å². The Kier molecular flexibility index (Phi) is 6.38. The number of rotatable bonds is 7. The predicted octanol–water partition coefficient (Wildman–Crippen LogP) is 3.67. The fourth-order valence-electron chi connectivity index (χ4n) is 1.53. The van der Waals surface area contributed by atoms with E-state index in [1.807, 2.05) is 18.2 Å². The second-order valence-corrected chi connectivity index (χ2v) is 4.63. The van der Waals surface area contributed by atoms with E-state index in [1.54, 1.807) is 0 Å². The largest absolute Gasteiger partial charge is 0.492 e. The highest BCUT2D eigenvalue weighted by Gasteiger charge is 2.01. The standard InChI is InChI=1S/C14H22ClNO/c1-4-11(3)16-8-9-17-13-6-7-14(15)12(5-2)10-13/h6-7,10-11,16H,4-5,8-9H2,1-3H3/t11-/m0/s1. The molecule has 0 heterocycles. The Labute approximate surface area is 109 Å². The minimum Gasteiger partial charge on any atom is -0.492 e. The van der Waals surface area contributed by atoms with E-state index in [4.69, 9.17) is 16.3 Å². The van der Waals surface area contributed by atoms with Gasteiger partial charge in [-0.15, -0.1) is 0 Å². The van der Waals surface area contributed by atoms with Gasteiger partial charge in [0.25, 0.3) is 0 Å². The van der Waals surface area contributed by atoms with E-state index >= 15 is 0 Å². The molecule has 0 fully saturated rings. The lowest BCUT2D eigenvalue weighted by molar-refractivity contribution is 0.306. The molecule has 0 aliphatic carbocycles.